The van der Waals surface area contributed by atoms with E-state index >= 15 is 0 Å². The predicted octanol–water partition coefficient (Wildman–Crippen LogP) is 4.91. The Labute approximate surface area is 186 Å². The molecule has 0 spiro atoms. The van der Waals surface area contributed by atoms with E-state index in [1.54, 1.807) is 0 Å². The molecule has 0 aliphatic heterocycles. The molecule has 0 radical (unpaired) electrons. The first-order valence-electron chi connectivity index (χ1n) is 11.5. The Morgan fingerprint density at radius 1 is 0.871 bits per heavy atom. The molecule has 2 saturated carbocycles. The standard InChI is InChI=1S/C13H20O3.C12H18O3/c1-3-4-5-6-11-10(7-8-12(11)14)9-13(15)16-2;1-2-3-4-5-10-9(8-12(14)15)6-7-11(10)13/h4-5,10-11H,3,6-9H2,1-2H3;3-4,9-10H,2,5-8H2,1H3,(H,14,15)/b5-4+;4-3+/t10-,11+;9-,10+/m00/s1. The molecule has 0 amide bonds. The summed E-state index contributed by atoms with van der Waals surface area (Å²) in [5, 5.41) is 8.72. The number of carboxylic acid groups (broad SMARTS) is 1. The molecule has 31 heavy (non-hydrogen) atoms. The van der Waals surface area contributed by atoms with Crippen molar-refractivity contribution >= 4 is 23.5 Å². The van der Waals surface area contributed by atoms with Crippen LogP contribution in [0.25, 0.3) is 0 Å². The summed E-state index contributed by atoms with van der Waals surface area (Å²) in [7, 11) is 1.39. The van der Waals surface area contributed by atoms with Crippen LogP contribution in [0.15, 0.2) is 24.3 Å². The minimum absolute atomic E-state index is 0.0295. The van der Waals surface area contributed by atoms with Crippen LogP contribution in [0.3, 0.4) is 0 Å². The molecule has 0 bridgehead atoms. The Morgan fingerprint density at radius 2 is 1.32 bits per heavy atom. The topological polar surface area (TPSA) is 97.7 Å². The van der Waals surface area contributed by atoms with Gasteiger partial charge in [-0.2, -0.15) is 0 Å². The molecule has 0 aromatic carbocycles. The number of ether oxygens (including phenoxy) is 1. The first kappa shape index (κ1) is 26.8. The Balaban J connectivity index is 0.000000311. The Hall–Kier alpha value is -2.24. The number of hydrogen-bond acceptors (Lipinski definition) is 5. The fourth-order valence-corrected chi connectivity index (χ4v) is 4.43. The highest BCUT2D eigenvalue weighted by molar-refractivity contribution is 5.85. The van der Waals surface area contributed by atoms with Crippen LogP contribution in [0, 0.1) is 23.7 Å². The van der Waals surface area contributed by atoms with Crippen molar-refractivity contribution in [2.75, 3.05) is 7.11 Å². The molecule has 0 aromatic rings. The average molecular weight is 435 g/mol. The third-order valence-electron chi connectivity index (χ3n) is 6.17. The average Bonchev–Trinajstić information content (AvgIpc) is 3.25. The van der Waals surface area contributed by atoms with Crippen LogP contribution in [0.4, 0.5) is 0 Å². The summed E-state index contributed by atoms with van der Waals surface area (Å²) in [4.78, 5) is 45.0. The van der Waals surface area contributed by atoms with Crippen molar-refractivity contribution in [2.45, 2.75) is 78.1 Å². The van der Waals surface area contributed by atoms with Crippen molar-refractivity contribution in [3.05, 3.63) is 24.3 Å². The molecule has 2 aliphatic rings. The Kier molecular flexibility index (Phi) is 12.7. The maximum Gasteiger partial charge on any atom is 0.305 e. The summed E-state index contributed by atoms with van der Waals surface area (Å²) in [6, 6.07) is 0. The summed E-state index contributed by atoms with van der Waals surface area (Å²) in [6.45, 7) is 4.11. The number of carboxylic acids is 1. The van der Waals surface area contributed by atoms with Crippen molar-refractivity contribution in [1.82, 2.24) is 0 Å². The van der Waals surface area contributed by atoms with E-state index in [0.29, 0.717) is 31.5 Å². The van der Waals surface area contributed by atoms with Crippen LogP contribution in [-0.2, 0) is 23.9 Å². The lowest BCUT2D eigenvalue weighted by Gasteiger charge is -2.15. The number of ketones is 2. The fraction of sp³-hybridized carbons (Fsp3) is 0.680. The number of carbonyl (C=O) groups excluding carboxylic acids is 3. The van der Waals surface area contributed by atoms with Crippen LogP contribution in [0.5, 0.6) is 0 Å². The lowest BCUT2D eigenvalue weighted by Crippen LogP contribution is -2.18. The lowest BCUT2D eigenvalue weighted by atomic mass is 9.89. The van der Waals surface area contributed by atoms with E-state index in [4.69, 9.17) is 5.11 Å². The van der Waals surface area contributed by atoms with Crippen molar-refractivity contribution in [3.8, 4) is 0 Å². The molecule has 0 aromatic heterocycles. The monoisotopic (exact) mass is 434 g/mol. The van der Waals surface area contributed by atoms with Crippen LogP contribution >= 0.6 is 0 Å². The maximum atomic E-state index is 11.7. The van der Waals surface area contributed by atoms with E-state index in [-0.39, 0.29) is 41.8 Å². The number of hydrogen-bond donors (Lipinski definition) is 1. The molecule has 6 heteroatoms. The number of Topliss-reactive ketones (excluding diaryl/α,β-unsaturated/α-hetero) is 2. The SMILES string of the molecule is CC/C=C/C[C@H]1C(=O)CC[C@H]1CC(=O)O.CC/C=C/C[C@H]1C(=O)CC[C@H]1CC(=O)OC. The van der Waals surface area contributed by atoms with Crippen molar-refractivity contribution < 1.29 is 29.0 Å². The van der Waals surface area contributed by atoms with Crippen molar-refractivity contribution in [3.63, 3.8) is 0 Å². The van der Waals surface area contributed by atoms with Gasteiger partial charge in [0.05, 0.1) is 7.11 Å². The number of esters is 1. The summed E-state index contributed by atoms with van der Waals surface area (Å²) in [5.74, 6) is -0.247. The molecule has 1 N–H and O–H groups in total. The summed E-state index contributed by atoms with van der Waals surface area (Å²) >= 11 is 0. The quantitative estimate of drug-likeness (QED) is 0.387. The van der Waals surface area contributed by atoms with Crippen LogP contribution < -0.4 is 0 Å². The van der Waals surface area contributed by atoms with Gasteiger partial charge >= 0.3 is 11.9 Å². The number of carbonyl (C=O) groups is 4. The van der Waals surface area contributed by atoms with Gasteiger partial charge in [0.1, 0.15) is 11.6 Å². The normalized spacial score (nSPS) is 25.8. The molecular weight excluding hydrogens is 396 g/mol. The zero-order chi connectivity index (χ0) is 23.2. The van der Waals surface area contributed by atoms with E-state index in [0.717, 1.165) is 32.1 Å². The van der Waals surface area contributed by atoms with E-state index in [1.807, 2.05) is 19.1 Å². The molecule has 2 fully saturated rings. The van der Waals surface area contributed by atoms with Gasteiger partial charge in [-0.05, 0) is 50.4 Å². The second-order valence-electron chi connectivity index (χ2n) is 8.35. The summed E-state index contributed by atoms with van der Waals surface area (Å²) < 4.78 is 4.65. The minimum Gasteiger partial charge on any atom is -0.481 e. The molecule has 0 saturated heterocycles. The van der Waals surface area contributed by atoms with Crippen LogP contribution in [-0.4, -0.2) is 35.7 Å². The summed E-state index contributed by atoms with van der Waals surface area (Å²) in [6.07, 6.45) is 14.9. The minimum atomic E-state index is -0.792. The Bertz CT molecular complexity index is 663. The van der Waals surface area contributed by atoms with Gasteiger partial charge in [-0.25, -0.2) is 0 Å². The zero-order valence-electron chi connectivity index (χ0n) is 19.2. The largest absolute Gasteiger partial charge is 0.481 e. The molecule has 2 rings (SSSR count). The molecule has 4 atom stereocenters. The molecule has 2 aliphatic carbocycles. The van der Waals surface area contributed by atoms with Gasteiger partial charge < -0.3 is 9.84 Å². The predicted molar refractivity (Wildman–Crippen MR) is 119 cm³/mol. The maximum absolute atomic E-state index is 11.7. The molecular formula is C25H38O6. The molecule has 0 heterocycles. The van der Waals surface area contributed by atoms with E-state index in [2.05, 4.69) is 23.8 Å². The van der Waals surface area contributed by atoms with Gasteiger partial charge in [0.2, 0.25) is 0 Å². The third-order valence-corrected chi connectivity index (χ3v) is 6.17. The van der Waals surface area contributed by atoms with Crippen molar-refractivity contribution in [1.29, 1.82) is 0 Å². The first-order chi connectivity index (χ1) is 14.8. The third kappa shape index (κ3) is 9.62. The molecule has 6 nitrogen and oxygen atoms in total. The van der Waals surface area contributed by atoms with Crippen LogP contribution in [0.2, 0.25) is 0 Å². The summed E-state index contributed by atoms with van der Waals surface area (Å²) in [5.41, 5.74) is 0. The second-order valence-corrected chi connectivity index (χ2v) is 8.35. The van der Waals surface area contributed by atoms with Gasteiger partial charge in [-0.15, -0.1) is 0 Å². The molecule has 174 valence electrons. The molecule has 0 unspecified atom stereocenters. The van der Waals surface area contributed by atoms with Crippen LogP contribution in [0.1, 0.15) is 78.1 Å². The number of methoxy groups -OCH3 is 1. The smallest absolute Gasteiger partial charge is 0.305 e. The fourth-order valence-electron chi connectivity index (χ4n) is 4.43. The van der Waals surface area contributed by atoms with E-state index in [1.165, 1.54) is 7.11 Å². The highest BCUT2D eigenvalue weighted by Gasteiger charge is 2.35. The lowest BCUT2D eigenvalue weighted by molar-refractivity contribution is -0.142. The number of rotatable bonds is 10. The number of allylic oxidation sites excluding steroid dienone is 4. The van der Waals surface area contributed by atoms with Gasteiger partial charge in [0.15, 0.2) is 0 Å². The van der Waals surface area contributed by atoms with Gasteiger partial charge in [-0.1, -0.05) is 38.2 Å². The van der Waals surface area contributed by atoms with E-state index in [9.17, 15) is 19.2 Å². The van der Waals surface area contributed by atoms with Gasteiger partial charge in [0.25, 0.3) is 0 Å². The zero-order valence-corrected chi connectivity index (χ0v) is 19.2. The van der Waals surface area contributed by atoms with E-state index < -0.39 is 5.97 Å². The Morgan fingerprint density at radius 3 is 1.71 bits per heavy atom. The van der Waals surface area contributed by atoms with Gasteiger partial charge in [-0.3, -0.25) is 19.2 Å². The highest BCUT2D eigenvalue weighted by Crippen LogP contribution is 2.35. The first-order valence-corrected chi connectivity index (χ1v) is 11.5. The van der Waals surface area contributed by atoms with Crippen molar-refractivity contribution in [2.24, 2.45) is 23.7 Å². The van der Waals surface area contributed by atoms with Gasteiger partial charge in [0, 0.05) is 37.5 Å². The highest BCUT2D eigenvalue weighted by atomic mass is 16.5. The second kappa shape index (κ2) is 14.7. The number of aliphatic carboxylic acids is 1.